The second-order valence-electron chi connectivity index (χ2n) is 7.11. The maximum absolute atomic E-state index is 12.9. The third-order valence-electron chi connectivity index (χ3n) is 4.33. The summed E-state index contributed by atoms with van der Waals surface area (Å²) < 4.78 is 59.2. The molecule has 0 fully saturated rings. The molecule has 4 rings (SSSR count). The first-order valence-corrected chi connectivity index (χ1v) is 13.1. The number of hydrogen-bond acceptors (Lipinski definition) is 1. The van der Waals surface area contributed by atoms with E-state index in [2.05, 4.69) is 54.6 Å². The summed E-state index contributed by atoms with van der Waals surface area (Å²) in [7, 11) is -10.9. The zero-order chi connectivity index (χ0) is 24.9. The number of halogens is 6. The van der Waals surface area contributed by atoms with Crippen molar-refractivity contribution in [1.82, 2.24) is 0 Å². The Labute approximate surface area is 195 Å². The Kier molecular flexibility index (Phi) is 6.97. The largest absolute Gasteiger partial charge is 0.289 e. The molecular weight excluding hydrogens is 493 g/mol. The maximum Gasteiger partial charge on any atom is 0.193 e. The number of benzene rings is 4. The van der Waals surface area contributed by atoms with Gasteiger partial charge in [0.05, 0.1) is 10.9 Å². The predicted octanol–water partition coefficient (Wildman–Crippen LogP) is 9.40. The quantitative estimate of drug-likeness (QED) is 0.113. The molecule has 4 aromatic carbocycles. The van der Waals surface area contributed by atoms with Crippen LogP contribution in [0.2, 0.25) is 0 Å². The van der Waals surface area contributed by atoms with Crippen molar-refractivity contribution in [2.75, 3.05) is 0 Å². The van der Waals surface area contributed by atoms with Crippen LogP contribution in [0.5, 0.6) is 0 Å². The van der Waals surface area contributed by atoms with Crippen LogP contribution in [0.1, 0.15) is 15.9 Å². The summed E-state index contributed by atoms with van der Waals surface area (Å²) in [6.45, 7) is 0. The van der Waals surface area contributed by atoms with E-state index in [0.29, 0.717) is 5.56 Å². The van der Waals surface area contributed by atoms with Crippen molar-refractivity contribution in [2.45, 2.75) is 14.7 Å². The van der Waals surface area contributed by atoms with Crippen LogP contribution in [-0.4, -0.2) is 5.78 Å². The minimum atomic E-state index is -10.7. The Morgan fingerprint density at radius 3 is 1.29 bits per heavy atom. The monoisotopic (exact) mass is 512 g/mol. The summed E-state index contributed by atoms with van der Waals surface area (Å²) in [6, 6.07) is 38.4. The molecular formula is C25H19F6OPS. The van der Waals surface area contributed by atoms with Gasteiger partial charge in [0.25, 0.3) is 0 Å². The molecule has 178 valence electrons. The van der Waals surface area contributed by atoms with Crippen molar-refractivity contribution in [3.05, 3.63) is 126 Å². The molecule has 0 saturated carbocycles. The molecule has 0 aliphatic rings. The van der Waals surface area contributed by atoms with Gasteiger partial charge in [-0.2, -0.15) is 0 Å². The molecule has 0 radical (unpaired) electrons. The summed E-state index contributed by atoms with van der Waals surface area (Å²) in [5.41, 5.74) is 1.44. The standard InChI is InChI=1S/C25H19OS.F6P/c26-25(20-11-4-1-5-12-20)21-13-10-18-24(19-21)27(22-14-6-2-7-15-22)23-16-8-3-9-17-23;1-7(2,3,4,5)6/h1-19H;/q+1;-1. The van der Waals surface area contributed by atoms with Crippen molar-refractivity contribution in [2.24, 2.45) is 0 Å². The molecule has 0 heterocycles. The number of rotatable bonds is 5. The van der Waals surface area contributed by atoms with Crippen LogP contribution in [0.3, 0.4) is 0 Å². The number of carbonyl (C=O) groups is 1. The van der Waals surface area contributed by atoms with Gasteiger partial charge in [0.2, 0.25) is 0 Å². The molecule has 0 N–H and O–H groups in total. The van der Waals surface area contributed by atoms with Crippen molar-refractivity contribution in [3.8, 4) is 0 Å². The first-order chi connectivity index (χ1) is 15.8. The topological polar surface area (TPSA) is 17.1 Å². The smallest absolute Gasteiger partial charge is 0.193 e. The van der Waals surface area contributed by atoms with Gasteiger partial charge in [0, 0.05) is 17.2 Å². The van der Waals surface area contributed by atoms with Gasteiger partial charge in [-0.1, -0.05) is 78.9 Å². The van der Waals surface area contributed by atoms with E-state index in [9.17, 15) is 30.0 Å². The molecule has 9 heteroatoms. The third-order valence-corrected chi connectivity index (χ3v) is 6.54. The van der Waals surface area contributed by atoms with Gasteiger partial charge >= 0.3 is 33.0 Å². The fourth-order valence-electron chi connectivity index (χ4n) is 3.04. The molecule has 4 aromatic rings. The van der Waals surface area contributed by atoms with Crippen LogP contribution in [0, 0.1) is 0 Å². The van der Waals surface area contributed by atoms with E-state index in [-0.39, 0.29) is 16.7 Å². The minimum Gasteiger partial charge on any atom is -0.289 e. The van der Waals surface area contributed by atoms with Gasteiger partial charge in [0.15, 0.2) is 20.5 Å². The molecule has 0 aliphatic carbocycles. The van der Waals surface area contributed by atoms with Gasteiger partial charge in [0.1, 0.15) is 0 Å². The summed E-state index contributed by atoms with van der Waals surface area (Å²) in [5, 5.41) is 0. The van der Waals surface area contributed by atoms with Gasteiger partial charge in [-0.15, -0.1) is 0 Å². The second-order valence-corrected chi connectivity index (χ2v) is 11.1. The van der Waals surface area contributed by atoms with Crippen molar-refractivity contribution in [3.63, 3.8) is 0 Å². The second kappa shape index (κ2) is 9.28. The average Bonchev–Trinajstić information content (AvgIpc) is 2.79. The summed E-state index contributed by atoms with van der Waals surface area (Å²) >= 11 is 0. The molecule has 0 spiro atoms. The van der Waals surface area contributed by atoms with Gasteiger partial charge < -0.3 is 0 Å². The van der Waals surface area contributed by atoms with E-state index in [0.717, 1.165) is 10.5 Å². The minimum absolute atomic E-state index is 0.0575. The predicted molar refractivity (Wildman–Crippen MR) is 125 cm³/mol. The number of carbonyl (C=O) groups excluding carboxylic acids is 1. The fourth-order valence-corrected chi connectivity index (χ4v) is 5.18. The zero-order valence-electron chi connectivity index (χ0n) is 17.5. The Morgan fingerprint density at radius 2 is 0.853 bits per heavy atom. The summed E-state index contributed by atoms with van der Waals surface area (Å²) in [6.07, 6.45) is 0. The number of ketones is 1. The normalized spacial score (nSPS) is 13.3. The molecule has 0 unspecified atom stereocenters. The van der Waals surface area contributed by atoms with E-state index >= 15 is 0 Å². The van der Waals surface area contributed by atoms with Crippen LogP contribution < -0.4 is 0 Å². The van der Waals surface area contributed by atoms with Crippen molar-refractivity contribution in [1.29, 1.82) is 0 Å². The van der Waals surface area contributed by atoms with Gasteiger partial charge in [-0.3, -0.25) is 4.79 Å². The van der Waals surface area contributed by atoms with Crippen molar-refractivity contribution < 1.29 is 30.0 Å². The summed E-state index contributed by atoms with van der Waals surface area (Å²) in [4.78, 5) is 16.5. The fraction of sp³-hybridized carbons (Fsp3) is 0. The Morgan fingerprint density at radius 1 is 0.500 bits per heavy atom. The molecule has 0 atom stereocenters. The first-order valence-electron chi connectivity index (χ1n) is 9.88. The van der Waals surface area contributed by atoms with E-state index in [1.807, 2.05) is 60.7 Å². The molecule has 0 bridgehead atoms. The van der Waals surface area contributed by atoms with Crippen LogP contribution in [-0.2, 0) is 10.9 Å². The molecule has 0 aromatic heterocycles. The molecule has 0 saturated heterocycles. The maximum atomic E-state index is 12.9. The zero-order valence-corrected chi connectivity index (χ0v) is 19.2. The van der Waals surface area contributed by atoms with Crippen LogP contribution in [0.15, 0.2) is 130 Å². The van der Waals surface area contributed by atoms with E-state index in [1.165, 1.54) is 9.79 Å². The molecule has 0 amide bonds. The first kappa shape index (κ1) is 25.5. The Bertz CT molecular complexity index is 1200. The van der Waals surface area contributed by atoms with Gasteiger partial charge in [-0.05, 0) is 30.3 Å². The van der Waals surface area contributed by atoms with Crippen molar-refractivity contribution >= 4 is 24.5 Å². The third kappa shape index (κ3) is 8.69. The van der Waals surface area contributed by atoms with Crippen LogP contribution >= 0.6 is 7.81 Å². The molecule has 34 heavy (non-hydrogen) atoms. The molecule has 0 aliphatic heterocycles. The number of hydrogen-bond donors (Lipinski definition) is 0. The SMILES string of the molecule is F[P-](F)(F)(F)(F)F.O=C(c1ccccc1)c1cccc([S+](c2ccccc2)c2ccccc2)c1. The Balaban J connectivity index is 0.000000406. The van der Waals surface area contributed by atoms with E-state index in [4.69, 9.17) is 0 Å². The average molecular weight is 512 g/mol. The van der Waals surface area contributed by atoms with E-state index in [1.54, 1.807) is 0 Å². The van der Waals surface area contributed by atoms with E-state index < -0.39 is 7.81 Å². The van der Waals surface area contributed by atoms with Crippen LogP contribution in [0.4, 0.5) is 25.2 Å². The Hall–Kier alpha value is -3.09. The van der Waals surface area contributed by atoms with Gasteiger partial charge in [-0.25, -0.2) is 0 Å². The van der Waals surface area contributed by atoms with Crippen LogP contribution in [0.25, 0.3) is 0 Å². The molecule has 1 nitrogen and oxygen atoms in total. The summed E-state index contributed by atoms with van der Waals surface area (Å²) in [5.74, 6) is 0.0575.